The molecule has 1 aliphatic heterocycles. The van der Waals surface area contributed by atoms with Crippen LogP contribution < -0.4 is 11.1 Å². The Bertz CT molecular complexity index is 660. The number of guanidine groups is 1. The van der Waals surface area contributed by atoms with Crippen LogP contribution in [0.3, 0.4) is 0 Å². The van der Waals surface area contributed by atoms with Crippen molar-refractivity contribution < 1.29 is 14.3 Å². The molecule has 1 aliphatic rings. The Hall–Kier alpha value is -2.04. The molecule has 150 valence electrons. The van der Waals surface area contributed by atoms with Crippen molar-refractivity contribution in [3.05, 3.63) is 35.4 Å². The molecule has 27 heavy (non-hydrogen) atoms. The standard InChI is InChI=1S/C18H27N5O3.HI/c1-3-20-17(21-13-14-6-5-7-15(12-14)16(19)24)22-8-10-23(11-9-22)18(25)26-4-2;/h5-7,12H,3-4,8-11,13H2,1-2H3,(H2,19,24)(H,20,21);1H. The minimum absolute atomic E-state index is 0. The van der Waals surface area contributed by atoms with Crippen LogP contribution in [-0.2, 0) is 11.3 Å². The van der Waals surface area contributed by atoms with Gasteiger partial charge in [0.25, 0.3) is 0 Å². The van der Waals surface area contributed by atoms with Crippen LogP contribution in [0, 0.1) is 0 Å². The van der Waals surface area contributed by atoms with Crippen LogP contribution in [0.15, 0.2) is 29.3 Å². The average molecular weight is 489 g/mol. The number of nitrogens with one attached hydrogen (secondary N) is 1. The molecule has 0 spiro atoms. The van der Waals surface area contributed by atoms with Crippen molar-refractivity contribution in [3.8, 4) is 0 Å². The van der Waals surface area contributed by atoms with Crippen LogP contribution in [0.1, 0.15) is 29.8 Å². The summed E-state index contributed by atoms with van der Waals surface area (Å²) in [6, 6.07) is 7.16. The van der Waals surface area contributed by atoms with Gasteiger partial charge < -0.3 is 25.6 Å². The number of rotatable bonds is 5. The third-order valence-electron chi connectivity index (χ3n) is 4.06. The third-order valence-corrected chi connectivity index (χ3v) is 4.06. The Balaban J connectivity index is 0.00000364. The molecule has 0 saturated carbocycles. The maximum atomic E-state index is 11.8. The summed E-state index contributed by atoms with van der Waals surface area (Å²) in [5.74, 6) is 0.346. The molecule has 9 heteroatoms. The van der Waals surface area contributed by atoms with Crippen LogP contribution in [-0.4, -0.2) is 67.1 Å². The smallest absolute Gasteiger partial charge is 0.409 e. The zero-order chi connectivity index (χ0) is 18.9. The second-order valence-electron chi connectivity index (χ2n) is 5.91. The van der Waals surface area contributed by atoms with Gasteiger partial charge in [-0.25, -0.2) is 9.79 Å². The molecule has 0 bridgehead atoms. The molecule has 0 unspecified atom stereocenters. The molecular formula is C18H28IN5O3. The maximum absolute atomic E-state index is 11.8. The van der Waals surface area contributed by atoms with E-state index in [0.717, 1.165) is 18.1 Å². The van der Waals surface area contributed by atoms with E-state index in [4.69, 9.17) is 10.5 Å². The van der Waals surface area contributed by atoms with Gasteiger partial charge in [-0.1, -0.05) is 12.1 Å². The van der Waals surface area contributed by atoms with E-state index >= 15 is 0 Å². The van der Waals surface area contributed by atoms with Crippen molar-refractivity contribution in [3.63, 3.8) is 0 Å². The first-order valence-electron chi connectivity index (χ1n) is 8.88. The van der Waals surface area contributed by atoms with E-state index in [1.54, 1.807) is 30.0 Å². The normalized spacial score (nSPS) is 14.4. The molecule has 8 nitrogen and oxygen atoms in total. The lowest BCUT2D eigenvalue weighted by Gasteiger charge is -2.35. The van der Waals surface area contributed by atoms with E-state index in [1.807, 2.05) is 13.0 Å². The van der Waals surface area contributed by atoms with E-state index in [1.165, 1.54) is 0 Å². The van der Waals surface area contributed by atoms with Crippen LogP contribution >= 0.6 is 24.0 Å². The van der Waals surface area contributed by atoms with Crippen LogP contribution in [0.25, 0.3) is 0 Å². The Morgan fingerprint density at radius 1 is 1.19 bits per heavy atom. The second kappa shape index (κ2) is 11.6. The van der Waals surface area contributed by atoms with Gasteiger partial charge >= 0.3 is 6.09 Å². The van der Waals surface area contributed by atoms with Crippen molar-refractivity contribution in [1.82, 2.24) is 15.1 Å². The molecule has 1 heterocycles. The highest BCUT2D eigenvalue weighted by Gasteiger charge is 2.23. The zero-order valence-corrected chi connectivity index (χ0v) is 18.1. The van der Waals surface area contributed by atoms with E-state index in [-0.39, 0.29) is 30.1 Å². The third kappa shape index (κ3) is 6.89. The fraction of sp³-hybridized carbons (Fsp3) is 0.500. The van der Waals surface area contributed by atoms with E-state index in [9.17, 15) is 9.59 Å². The van der Waals surface area contributed by atoms with Gasteiger partial charge in [0.2, 0.25) is 5.91 Å². The number of carbonyl (C=O) groups excluding carboxylic acids is 2. The van der Waals surface area contributed by atoms with Gasteiger partial charge in [-0.15, -0.1) is 24.0 Å². The van der Waals surface area contributed by atoms with Crippen LogP contribution in [0.2, 0.25) is 0 Å². The van der Waals surface area contributed by atoms with Crippen molar-refractivity contribution in [2.45, 2.75) is 20.4 Å². The van der Waals surface area contributed by atoms with Gasteiger partial charge in [-0.05, 0) is 31.5 Å². The largest absolute Gasteiger partial charge is 0.450 e. The van der Waals surface area contributed by atoms with E-state index < -0.39 is 5.91 Å². The van der Waals surface area contributed by atoms with Gasteiger partial charge in [0.15, 0.2) is 5.96 Å². The summed E-state index contributed by atoms with van der Waals surface area (Å²) in [5.41, 5.74) is 6.72. The number of carbonyl (C=O) groups is 2. The zero-order valence-electron chi connectivity index (χ0n) is 15.8. The number of benzene rings is 1. The number of nitrogens with two attached hydrogens (primary N) is 1. The van der Waals surface area contributed by atoms with Gasteiger partial charge in [0, 0.05) is 38.3 Å². The predicted octanol–water partition coefficient (Wildman–Crippen LogP) is 1.64. The molecule has 0 aromatic heterocycles. The topological polar surface area (TPSA) is 100 Å². The number of hydrogen-bond acceptors (Lipinski definition) is 4. The van der Waals surface area contributed by atoms with Crippen LogP contribution in [0.5, 0.6) is 0 Å². The number of ether oxygens (including phenoxy) is 1. The Morgan fingerprint density at radius 2 is 1.85 bits per heavy atom. The second-order valence-corrected chi connectivity index (χ2v) is 5.91. The fourth-order valence-electron chi connectivity index (χ4n) is 2.73. The van der Waals surface area contributed by atoms with Crippen molar-refractivity contribution in [1.29, 1.82) is 0 Å². The highest BCUT2D eigenvalue weighted by Crippen LogP contribution is 2.08. The number of piperazine rings is 1. The lowest BCUT2D eigenvalue weighted by atomic mass is 10.1. The summed E-state index contributed by atoms with van der Waals surface area (Å²) in [7, 11) is 0. The van der Waals surface area contributed by atoms with Crippen molar-refractivity contribution in [2.75, 3.05) is 39.3 Å². The summed E-state index contributed by atoms with van der Waals surface area (Å²) in [6.45, 7) is 7.96. The first-order chi connectivity index (χ1) is 12.5. The van der Waals surface area contributed by atoms with Gasteiger partial charge in [0.1, 0.15) is 0 Å². The quantitative estimate of drug-likeness (QED) is 0.372. The lowest BCUT2D eigenvalue weighted by Crippen LogP contribution is -2.53. The van der Waals surface area contributed by atoms with Gasteiger partial charge in [-0.3, -0.25) is 4.79 Å². The average Bonchev–Trinajstić information content (AvgIpc) is 2.65. The van der Waals surface area contributed by atoms with Crippen molar-refractivity contribution >= 4 is 41.9 Å². The first-order valence-corrected chi connectivity index (χ1v) is 8.88. The van der Waals surface area contributed by atoms with E-state index in [0.29, 0.717) is 44.9 Å². The molecule has 0 radical (unpaired) electrons. The molecule has 3 N–H and O–H groups in total. The number of nitrogens with zero attached hydrogens (tertiary/aromatic N) is 3. The molecular weight excluding hydrogens is 461 g/mol. The first kappa shape index (κ1) is 23.0. The molecule has 1 aromatic rings. The summed E-state index contributed by atoms with van der Waals surface area (Å²) in [6.07, 6.45) is -0.266. The Kier molecular flexibility index (Phi) is 9.90. The molecule has 2 amide bonds. The Labute approximate surface area is 177 Å². The SMILES string of the molecule is CCNC(=NCc1cccc(C(N)=O)c1)N1CCN(C(=O)OCC)CC1.I. The van der Waals surface area contributed by atoms with Gasteiger partial charge in [-0.2, -0.15) is 0 Å². The monoisotopic (exact) mass is 489 g/mol. The number of halogens is 1. The fourth-order valence-corrected chi connectivity index (χ4v) is 2.73. The maximum Gasteiger partial charge on any atom is 0.409 e. The summed E-state index contributed by atoms with van der Waals surface area (Å²) in [4.78, 5) is 31.6. The summed E-state index contributed by atoms with van der Waals surface area (Å²) >= 11 is 0. The van der Waals surface area contributed by atoms with E-state index in [2.05, 4.69) is 15.2 Å². The molecule has 1 saturated heterocycles. The predicted molar refractivity (Wildman–Crippen MR) is 115 cm³/mol. The van der Waals surface area contributed by atoms with Crippen LogP contribution in [0.4, 0.5) is 4.79 Å². The number of amides is 2. The highest BCUT2D eigenvalue weighted by molar-refractivity contribution is 14.0. The summed E-state index contributed by atoms with van der Waals surface area (Å²) in [5, 5.41) is 3.28. The molecule has 1 aromatic carbocycles. The highest BCUT2D eigenvalue weighted by atomic mass is 127. The van der Waals surface area contributed by atoms with Crippen molar-refractivity contribution in [2.24, 2.45) is 10.7 Å². The molecule has 0 aliphatic carbocycles. The molecule has 2 rings (SSSR count). The number of primary amides is 1. The van der Waals surface area contributed by atoms with Gasteiger partial charge in [0.05, 0.1) is 13.2 Å². The summed E-state index contributed by atoms with van der Waals surface area (Å²) < 4.78 is 5.05. The number of aliphatic imine (C=N–C) groups is 1. The minimum atomic E-state index is -0.446. The minimum Gasteiger partial charge on any atom is -0.450 e. The Morgan fingerprint density at radius 3 is 2.44 bits per heavy atom. The number of hydrogen-bond donors (Lipinski definition) is 2. The molecule has 1 fully saturated rings. The lowest BCUT2D eigenvalue weighted by molar-refractivity contribution is 0.0914. The molecule has 0 atom stereocenters.